The Bertz CT molecular complexity index is 877. The number of carbonyl (C=O) groups excluding carboxylic acids is 1. The second-order valence-electron chi connectivity index (χ2n) is 7.60. The Morgan fingerprint density at radius 1 is 1.56 bits per heavy atom. The van der Waals surface area contributed by atoms with Crippen molar-refractivity contribution in [3.63, 3.8) is 0 Å². The monoisotopic (exact) mass is 403 g/mol. The minimum atomic E-state index is -0.122. The standard InChI is InChI=1S/C19H25N5OS2/c1-5-19(2,3)12-6-7-13-14(9-20)17(27-15(13)8-12)23-16(25)10-26-18-21-11-22-24(18)4/h11-12H,5-8,10H2,1-4H3,(H,23,25). The van der Waals surface area contributed by atoms with E-state index in [1.165, 1.54) is 23.0 Å². The van der Waals surface area contributed by atoms with Crippen LogP contribution in [-0.4, -0.2) is 26.4 Å². The van der Waals surface area contributed by atoms with E-state index in [0.29, 0.717) is 27.1 Å². The van der Waals surface area contributed by atoms with Gasteiger partial charge in [-0.15, -0.1) is 11.3 Å². The van der Waals surface area contributed by atoms with Gasteiger partial charge >= 0.3 is 0 Å². The van der Waals surface area contributed by atoms with Gasteiger partial charge in [-0.25, -0.2) is 9.67 Å². The topological polar surface area (TPSA) is 83.6 Å². The van der Waals surface area contributed by atoms with Gasteiger partial charge in [-0.2, -0.15) is 10.4 Å². The number of anilines is 1. The molecule has 27 heavy (non-hydrogen) atoms. The molecule has 0 aromatic carbocycles. The summed E-state index contributed by atoms with van der Waals surface area (Å²) in [6.45, 7) is 6.90. The van der Waals surface area contributed by atoms with Crippen LogP contribution < -0.4 is 5.32 Å². The second-order valence-corrected chi connectivity index (χ2v) is 9.65. The maximum absolute atomic E-state index is 12.4. The van der Waals surface area contributed by atoms with Crippen LogP contribution >= 0.6 is 23.1 Å². The zero-order valence-corrected chi connectivity index (χ0v) is 17.8. The maximum atomic E-state index is 12.4. The molecule has 2 aromatic rings. The van der Waals surface area contributed by atoms with E-state index in [9.17, 15) is 10.1 Å². The van der Waals surface area contributed by atoms with Crippen molar-refractivity contribution < 1.29 is 4.79 Å². The Labute approximate surface area is 168 Å². The number of aryl methyl sites for hydroxylation is 1. The SMILES string of the molecule is CCC(C)(C)C1CCc2c(sc(NC(=O)CSc3ncnn3C)c2C#N)C1. The molecular formula is C19H25N5OS2. The van der Waals surface area contributed by atoms with Crippen LogP contribution in [0.25, 0.3) is 0 Å². The molecule has 1 atom stereocenters. The summed E-state index contributed by atoms with van der Waals surface area (Å²) in [4.78, 5) is 17.7. The fourth-order valence-corrected chi connectivity index (χ4v) is 5.44. The summed E-state index contributed by atoms with van der Waals surface area (Å²) in [5.74, 6) is 0.740. The number of rotatable bonds is 6. The van der Waals surface area contributed by atoms with Crippen molar-refractivity contribution in [1.82, 2.24) is 14.8 Å². The summed E-state index contributed by atoms with van der Waals surface area (Å²) in [7, 11) is 1.79. The molecule has 0 aliphatic heterocycles. The van der Waals surface area contributed by atoms with E-state index in [0.717, 1.165) is 31.2 Å². The van der Waals surface area contributed by atoms with E-state index in [4.69, 9.17) is 0 Å². The molecule has 1 aliphatic rings. The Morgan fingerprint density at radius 2 is 2.33 bits per heavy atom. The molecule has 0 fully saturated rings. The summed E-state index contributed by atoms with van der Waals surface area (Å²) in [5.41, 5.74) is 2.09. The first-order valence-corrected chi connectivity index (χ1v) is 11.0. The highest BCUT2D eigenvalue weighted by atomic mass is 32.2. The summed E-state index contributed by atoms with van der Waals surface area (Å²) in [5, 5.41) is 18.0. The Hall–Kier alpha value is -1.85. The minimum absolute atomic E-state index is 0.122. The van der Waals surface area contributed by atoms with Gasteiger partial charge in [0.2, 0.25) is 5.91 Å². The van der Waals surface area contributed by atoms with Crippen LogP contribution in [0, 0.1) is 22.7 Å². The number of carbonyl (C=O) groups is 1. The third-order valence-corrected chi connectivity index (χ3v) is 7.85. The fourth-order valence-electron chi connectivity index (χ4n) is 3.46. The number of nitrogens with one attached hydrogen (secondary N) is 1. The normalized spacial score (nSPS) is 16.6. The molecule has 1 N–H and O–H groups in total. The molecular weight excluding hydrogens is 378 g/mol. The van der Waals surface area contributed by atoms with E-state index < -0.39 is 0 Å². The molecule has 8 heteroatoms. The number of nitriles is 1. The summed E-state index contributed by atoms with van der Waals surface area (Å²) in [6, 6.07) is 2.32. The van der Waals surface area contributed by atoms with E-state index in [1.54, 1.807) is 23.1 Å². The van der Waals surface area contributed by atoms with E-state index in [1.807, 2.05) is 0 Å². The summed E-state index contributed by atoms with van der Waals surface area (Å²) < 4.78 is 1.64. The number of aromatic nitrogens is 3. The second kappa shape index (κ2) is 8.03. The molecule has 0 radical (unpaired) electrons. The lowest BCUT2D eigenvalue weighted by atomic mass is 9.69. The fraction of sp³-hybridized carbons (Fsp3) is 0.579. The van der Waals surface area contributed by atoms with Gasteiger partial charge in [-0.1, -0.05) is 39.0 Å². The van der Waals surface area contributed by atoms with Gasteiger partial charge in [0, 0.05) is 11.9 Å². The lowest BCUT2D eigenvalue weighted by Gasteiger charge is -2.36. The zero-order valence-electron chi connectivity index (χ0n) is 16.2. The molecule has 1 amide bonds. The summed E-state index contributed by atoms with van der Waals surface area (Å²) >= 11 is 2.91. The van der Waals surface area contributed by atoms with Gasteiger partial charge in [-0.3, -0.25) is 4.79 Å². The van der Waals surface area contributed by atoms with Crippen molar-refractivity contribution in [2.75, 3.05) is 11.1 Å². The molecule has 6 nitrogen and oxygen atoms in total. The van der Waals surface area contributed by atoms with Crippen LogP contribution in [0.5, 0.6) is 0 Å². The molecule has 1 aliphatic carbocycles. The molecule has 3 rings (SSSR count). The number of fused-ring (bicyclic) bond motifs is 1. The first-order chi connectivity index (χ1) is 12.9. The highest BCUT2D eigenvalue weighted by Crippen LogP contribution is 2.45. The smallest absolute Gasteiger partial charge is 0.235 e. The highest BCUT2D eigenvalue weighted by Gasteiger charge is 2.34. The van der Waals surface area contributed by atoms with Crippen LogP contribution in [0.3, 0.4) is 0 Å². The van der Waals surface area contributed by atoms with Crippen LogP contribution in [0.4, 0.5) is 5.00 Å². The van der Waals surface area contributed by atoms with Gasteiger partial charge in [0.15, 0.2) is 5.16 Å². The van der Waals surface area contributed by atoms with Crippen LogP contribution in [0.2, 0.25) is 0 Å². The van der Waals surface area contributed by atoms with E-state index in [-0.39, 0.29) is 11.7 Å². The molecule has 0 saturated heterocycles. The Morgan fingerprint density at radius 3 is 2.96 bits per heavy atom. The average Bonchev–Trinajstić information content (AvgIpc) is 3.21. The molecule has 0 saturated carbocycles. The maximum Gasteiger partial charge on any atom is 0.235 e. The van der Waals surface area contributed by atoms with Gasteiger partial charge in [-0.05, 0) is 36.2 Å². The van der Waals surface area contributed by atoms with Gasteiger partial charge in [0.25, 0.3) is 0 Å². The Kier molecular flexibility index (Phi) is 5.92. The predicted octanol–water partition coefficient (Wildman–Crippen LogP) is 4.02. The van der Waals surface area contributed by atoms with Crippen molar-refractivity contribution in [1.29, 1.82) is 5.26 Å². The molecule has 0 spiro atoms. The number of nitrogens with zero attached hydrogens (tertiary/aromatic N) is 4. The van der Waals surface area contributed by atoms with Crippen molar-refractivity contribution in [2.45, 2.75) is 51.6 Å². The quantitative estimate of drug-likeness (QED) is 0.737. The molecule has 1 unspecified atom stereocenters. The number of hydrogen-bond acceptors (Lipinski definition) is 6. The van der Waals surface area contributed by atoms with Crippen molar-refractivity contribution in [2.24, 2.45) is 18.4 Å². The number of amides is 1. The minimum Gasteiger partial charge on any atom is -0.316 e. The van der Waals surface area contributed by atoms with Crippen molar-refractivity contribution in [3.05, 3.63) is 22.3 Å². The third-order valence-electron chi connectivity index (χ3n) is 5.65. The number of thiophene rings is 1. The van der Waals surface area contributed by atoms with Crippen LogP contribution in [0.1, 0.15) is 49.6 Å². The molecule has 144 valence electrons. The first kappa shape index (κ1) is 19.9. The van der Waals surface area contributed by atoms with Crippen molar-refractivity contribution >= 4 is 34.0 Å². The Balaban J connectivity index is 1.71. The van der Waals surface area contributed by atoms with Gasteiger partial charge in [0.05, 0.1) is 11.3 Å². The van der Waals surface area contributed by atoms with Gasteiger partial charge < -0.3 is 5.32 Å². The summed E-state index contributed by atoms with van der Waals surface area (Å²) in [6.07, 6.45) is 5.64. The third kappa shape index (κ3) is 4.19. The number of thioether (sulfide) groups is 1. The molecule has 2 heterocycles. The van der Waals surface area contributed by atoms with Crippen LogP contribution in [-0.2, 0) is 24.7 Å². The van der Waals surface area contributed by atoms with E-state index in [2.05, 4.69) is 42.2 Å². The largest absolute Gasteiger partial charge is 0.316 e. The number of hydrogen-bond donors (Lipinski definition) is 1. The zero-order chi connectivity index (χ0) is 19.6. The van der Waals surface area contributed by atoms with Crippen molar-refractivity contribution in [3.8, 4) is 6.07 Å². The predicted molar refractivity (Wildman–Crippen MR) is 109 cm³/mol. The molecule has 0 bridgehead atoms. The van der Waals surface area contributed by atoms with Crippen LogP contribution in [0.15, 0.2) is 11.5 Å². The highest BCUT2D eigenvalue weighted by molar-refractivity contribution is 7.99. The lowest BCUT2D eigenvalue weighted by Crippen LogP contribution is -2.28. The lowest BCUT2D eigenvalue weighted by molar-refractivity contribution is -0.113. The van der Waals surface area contributed by atoms with Gasteiger partial charge in [0.1, 0.15) is 17.4 Å². The average molecular weight is 404 g/mol. The van der Waals surface area contributed by atoms with E-state index >= 15 is 0 Å². The first-order valence-electron chi connectivity index (χ1n) is 9.17. The molecule has 2 aromatic heterocycles.